The largest absolute Gasteiger partial charge is 0.348 e. The van der Waals surface area contributed by atoms with Crippen LogP contribution in [0.5, 0.6) is 0 Å². The van der Waals surface area contributed by atoms with Crippen molar-refractivity contribution in [2.75, 3.05) is 5.32 Å². The molecule has 0 aliphatic carbocycles. The number of unbranched alkanes of at least 4 members (excludes halogenated alkanes) is 4. The number of hydrogen-bond acceptors (Lipinski definition) is 2. The van der Waals surface area contributed by atoms with E-state index in [0.29, 0.717) is 11.3 Å². The van der Waals surface area contributed by atoms with Crippen LogP contribution in [0, 0.1) is 6.92 Å². The first kappa shape index (κ1) is 20.9. The molecule has 0 saturated heterocycles. The predicted molar refractivity (Wildman–Crippen MR) is 113 cm³/mol. The summed E-state index contributed by atoms with van der Waals surface area (Å²) in [6.45, 7) is 7.15. The Morgan fingerprint density at radius 3 is 2.37 bits per heavy atom. The van der Waals surface area contributed by atoms with Gasteiger partial charge in [-0.3, -0.25) is 9.59 Å². The number of amides is 1. The topological polar surface area (TPSA) is 51.1 Å². The summed E-state index contributed by atoms with van der Waals surface area (Å²) in [6, 6.07) is 10.9. The zero-order chi connectivity index (χ0) is 19.6. The third-order valence-electron chi connectivity index (χ3n) is 4.89. The zero-order valence-corrected chi connectivity index (χ0v) is 16.9. The van der Waals surface area contributed by atoms with Gasteiger partial charge in [0.1, 0.15) is 5.56 Å². The van der Waals surface area contributed by atoms with Crippen molar-refractivity contribution in [3.05, 3.63) is 63.6 Å². The third kappa shape index (κ3) is 5.81. The van der Waals surface area contributed by atoms with Crippen LogP contribution in [0.3, 0.4) is 0 Å². The molecule has 1 amide bonds. The summed E-state index contributed by atoms with van der Waals surface area (Å²) in [4.78, 5) is 25.6. The lowest BCUT2D eigenvalue weighted by molar-refractivity contribution is 0.102. The van der Waals surface area contributed by atoms with E-state index in [1.807, 2.05) is 37.3 Å². The van der Waals surface area contributed by atoms with E-state index in [2.05, 4.69) is 23.7 Å². The van der Waals surface area contributed by atoms with Crippen molar-refractivity contribution < 1.29 is 4.79 Å². The Hall–Kier alpha value is -2.36. The van der Waals surface area contributed by atoms with Gasteiger partial charge in [-0.05, 0) is 38.3 Å². The number of hydrogen-bond donors (Lipinski definition) is 1. The van der Waals surface area contributed by atoms with Gasteiger partial charge in [-0.2, -0.15) is 0 Å². The molecule has 4 nitrogen and oxygen atoms in total. The minimum atomic E-state index is -0.306. The summed E-state index contributed by atoms with van der Waals surface area (Å²) in [6.07, 6.45) is 7.37. The van der Waals surface area contributed by atoms with Crippen molar-refractivity contribution in [1.29, 1.82) is 0 Å². The smallest absolute Gasteiger partial charge is 0.261 e. The second-order valence-electron chi connectivity index (χ2n) is 7.11. The lowest BCUT2D eigenvalue weighted by Gasteiger charge is -2.20. The van der Waals surface area contributed by atoms with Crippen molar-refractivity contribution >= 4 is 11.6 Å². The molecule has 0 atom stereocenters. The SMILES string of the molecule is CCCCCCn1c(C)cc(=O)c(C(=O)Nc2ccccc2)c1CCCC. The molecule has 2 rings (SSSR count). The fraction of sp³-hybridized carbons (Fsp3) is 0.478. The van der Waals surface area contributed by atoms with Crippen LogP contribution in [0.2, 0.25) is 0 Å². The van der Waals surface area contributed by atoms with Gasteiger partial charge in [-0.1, -0.05) is 57.7 Å². The van der Waals surface area contributed by atoms with Gasteiger partial charge < -0.3 is 9.88 Å². The maximum absolute atomic E-state index is 12.9. The molecule has 146 valence electrons. The van der Waals surface area contributed by atoms with Crippen LogP contribution in [-0.4, -0.2) is 10.5 Å². The van der Waals surface area contributed by atoms with E-state index < -0.39 is 0 Å². The van der Waals surface area contributed by atoms with E-state index in [0.717, 1.165) is 43.6 Å². The van der Waals surface area contributed by atoms with Gasteiger partial charge in [0, 0.05) is 29.7 Å². The summed E-state index contributed by atoms with van der Waals surface area (Å²) in [7, 11) is 0. The van der Waals surface area contributed by atoms with Crippen LogP contribution in [0.1, 0.15) is 74.1 Å². The highest BCUT2D eigenvalue weighted by Gasteiger charge is 2.20. The fourth-order valence-corrected chi connectivity index (χ4v) is 3.40. The maximum Gasteiger partial charge on any atom is 0.261 e. The summed E-state index contributed by atoms with van der Waals surface area (Å²) >= 11 is 0. The number of para-hydroxylation sites is 1. The first-order chi connectivity index (χ1) is 13.1. The molecule has 0 aliphatic heterocycles. The second-order valence-corrected chi connectivity index (χ2v) is 7.11. The zero-order valence-electron chi connectivity index (χ0n) is 16.9. The monoisotopic (exact) mass is 368 g/mol. The van der Waals surface area contributed by atoms with E-state index in [-0.39, 0.29) is 11.3 Å². The molecule has 1 N–H and O–H groups in total. The summed E-state index contributed by atoms with van der Waals surface area (Å²) in [5, 5.41) is 2.89. The summed E-state index contributed by atoms with van der Waals surface area (Å²) in [5.74, 6) is -0.306. The summed E-state index contributed by atoms with van der Waals surface area (Å²) < 4.78 is 2.19. The maximum atomic E-state index is 12.9. The number of pyridine rings is 1. The highest BCUT2D eigenvalue weighted by Crippen LogP contribution is 2.16. The highest BCUT2D eigenvalue weighted by atomic mass is 16.2. The van der Waals surface area contributed by atoms with Gasteiger partial charge in [-0.25, -0.2) is 0 Å². The first-order valence-corrected chi connectivity index (χ1v) is 10.2. The number of aromatic nitrogens is 1. The van der Waals surface area contributed by atoms with Gasteiger partial charge in [0.2, 0.25) is 0 Å². The highest BCUT2D eigenvalue weighted by molar-refractivity contribution is 6.05. The normalized spacial score (nSPS) is 10.8. The van der Waals surface area contributed by atoms with Crippen LogP contribution in [0.15, 0.2) is 41.2 Å². The minimum absolute atomic E-state index is 0.183. The van der Waals surface area contributed by atoms with Gasteiger partial charge >= 0.3 is 0 Å². The van der Waals surface area contributed by atoms with Crippen LogP contribution < -0.4 is 10.7 Å². The fourth-order valence-electron chi connectivity index (χ4n) is 3.40. The molecule has 4 heteroatoms. The second kappa shape index (κ2) is 10.7. The molecule has 2 aromatic rings. The Labute approximate surface area is 162 Å². The average molecular weight is 369 g/mol. The lowest BCUT2D eigenvalue weighted by atomic mass is 10.0. The Morgan fingerprint density at radius 1 is 1.00 bits per heavy atom. The molecular formula is C23H32N2O2. The average Bonchev–Trinajstić information content (AvgIpc) is 2.65. The number of rotatable bonds is 10. The lowest BCUT2D eigenvalue weighted by Crippen LogP contribution is -2.28. The van der Waals surface area contributed by atoms with Crippen LogP contribution >= 0.6 is 0 Å². The third-order valence-corrected chi connectivity index (χ3v) is 4.89. The van der Waals surface area contributed by atoms with Crippen molar-refractivity contribution in [3.8, 4) is 0 Å². The first-order valence-electron chi connectivity index (χ1n) is 10.2. The molecule has 0 aliphatic rings. The van der Waals surface area contributed by atoms with E-state index in [4.69, 9.17) is 0 Å². The Morgan fingerprint density at radius 2 is 1.70 bits per heavy atom. The van der Waals surface area contributed by atoms with Crippen molar-refractivity contribution in [2.24, 2.45) is 0 Å². The van der Waals surface area contributed by atoms with Crippen molar-refractivity contribution in [1.82, 2.24) is 4.57 Å². The number of benzene rings is 1. The number of nitrogens with one attached hydrogen (secondary N) is 1. The van der Waals surface area contributed by atoms with Gasteiger partial charge in [0.15, 0.2) is 5.43 Å². The van der Waals surface area contributed by atoms with Crippen LogP contribution in [0.25, 0.3) is 0 Å². The molecule has 0 radical (unpaired) electrons. The van der Waals surface area contributed by atoms with Crippen molar-refractivity contribution in [2.45, 2.75) is 72.3 Å². The molecule has 1 aromatic carbocycles. The quantitative estimate of drug-likeness (QED) is 0.576. The standard InChI is InChI=1S/C23H32N2O2/c1-4-6-8-12-16-25-18(3)17-21(26)22(20(25)15-7-5-2)23(27)24-19-13-10-9-11-14-19/h9-11,13-14,17H,4-8,12,15-16H2,1-3H3,(H,24,27). The molecule has 27 heavy (non-hydrogen) atoms. The number of anilines is 1. The Kier molecular flexibility index (Phi) is 8.31. The van der Waals surface area contributed by atoms with E-state index in [1.54, 1.807) is 6.07 Å². The minimum Gasteiger partial charge on any atom is -0.348 e. The molecule has 1 aromatic heterocycles. The van der Waals surface area contributed by atoms with E-state index in [1.165, 1.54) is 19.3 Å². The van der Waals surface area contributed by atoms with Gasteiger partial charge in [-0.15, -0.1) is 0 Å². The number of aryl methyl sites for hydroxylation is 1. The number of carbonyl (C=O) groups is 1. The van der Waals surface area contributed by atoms with E-state index in [9.17, 15) is 9.59 Å². The Bertz CT molecular complexity index is 794. The molecule has 0 fully saturated rings. The predicted octanol–water partition coefficient (Wildman–Crippen LogP) is 5.33. The van der Waals surface area contributed by atoms with E-state index >= 15 is 0 Å². The number of carbonyl (C=O) groups excluding carboxylic acids is 1. The number of nitrogens with zero attached hydrogens (tertiary/aromatic N) is 1. The Balaban J connectivity index is 2.38. The molecular weight excluding hydrogens is 336 g/mol. The molecule has 0 bridgehead atoms. The molecule has 1 heterocycles. The van der Waals surface area contributed by atoms with Gasteiger partial charge in [0.25, 0.3) is 5.91 Å². The molecule has 0 saturated carbocycles. The van der Waals surface area contributed by atoms with Crippen molar-refractivity contribution in [3.63, 3.8) is 0 Å². The van der Waals surface area contributed by atoms with Crippen LogP contribution in [-0.2, 0) is 13.0 Å². The van der Waals surface area contributed by atoms with Gasteiger partial charge in [0.05, 0.1) is 0 Å². The summed E-state index contributed by atoms with van der Waals surface area (Å²) in [5.41, 5.74) is 2.65. The van der Waals surface area contributed by atoms with Crippen LogP contribution in [0.4, 0.5) is 5.69 Å². The molecule has 0 unspecified atom stereocenters. The molecule has 0 spiro atoms.